The summed E-state index contributed by atoms with van der Waals surface area (Å²) in [7, 11) is 1.96. The number of nitrogens with one attached hydrogen (secondary N) is 1. The molecule has 0 bridgehead atoms. The van der Waals surface area contributed by atoms with Gasteiger partial charge in [-0.3, -0.25) is 4.68 Å². The van der Waals surface area contributed by atoms with Gasteiger partial charge in [0.05, 0.1) is 5.69 Å². The number of rotatable bonds is 6. The van der Waals surface area contributed by atoms with Crippen LogP contribution in [-0.4, -0.2) is 16.3 Å². The molecule has 0 radical (unpaired) electrons. The second-order valence-corrected chi connectivity index (χ2v) is 5.54. The summed E-state index contributed by atoms with van der Waals surface area (Å²) < 4.78 is 15.4. The van der Waals surface area contributed by atoms with Gasteiger partial charge in [-0.05, 0) is 56.5 Å². The van der Waals surface area contributed by atoms with Crippen molar-refractivity contribution in [2.45, 2.75) is 39.7 Å². The van der Waals surface area contributed by atoms with Gasteiger partial charge in [-0.25, -0.2) is 4.39 Å². The van der Waals surface area contributed by atoms with Gasteiger partial charge in [0.2, 0.25) is 0 Å². The van der Waals surface area contributed by atoms with Gasteiger partial charge >= 0.3 is 0 Å². The van der Waals surface area contributed by atoms with Crippen molar-refractivity contribution < 1.29 is 4.39 Å². The molecule has 2 aromatic rings. The molecule has 4 heteroatoms. The van der Waals surface area contributed by atoms with E-state index in [0.29, 0.717) is 0 Å². The molecule has 0 fully saturated rings. The topological polar surface area (TPSA) is 29.9 Å². The molecule has 0 aliphatic carbocycles. The highest BCUT2D eigenvalue weighted by Crippen LogP contribution is 2.23. The maximum Gasteiger partial charge on any atom is 0.123 e. The van der Waals surface area contributed by atoms with Crippen LogP contribution in [0.4, 0.5) is 4.39 Å². The van der Waals surface area contributed by atoms with Gasteiger partial charge in [-0.15, -0.1) is 0 Å². The molecule has 0 spiro atoms. The molecule has 0 saturated carbocycles. The lowest BCUT2D eigenvalue weighted by molar-refractivity contribution is 0.522. The summed E-state index contributed by atoms with van der Waals surface area (Å²) >= 11 is 0. The number of halogens is 1. The Kier molecular flexibility index (Phi) is 5.12. The van der Waals surface area contributed by atoms with E-state index < -0.39 is 0 Å². The highest BCUT2D eigenvalue weighted by Gasteiger charge is 2.17. The van der Waals surface area contributed by atoms with Crippen molar-refractivity contribution in [2.24, 2.45) is 7.05 Å². The monoisotopic (exact) mass is 289 g/mol. The van der Waals surface area contributed by atoms with E-state index in [4.69, 9.17) is 0 Å². The Balaban J connectivity index is 2.28. The fraction of sp³-hybridized carbons (Fsp3) is 0.471. The molecule has 21 heavy (non-hydrogen) atoms. The molecule has 1 heterocycles. The van der Waals surface area contributed by atoms with Gasteiger partial charge in [0.15, 0.2) is 0 Å². The van der Waals surface area contributed by atoms with Crippen LogP contribution in [0.25, 0.3) is 0 Å². The van der Waals surface area contributed by atoms with Gasteiger partial charge < -0.3 is 5.32 Å². The first-order valence-electron chi connectivity index (χ1n) is 7.50. The summed E-state index contributed by atoms with van der Waals surface area (Å²) in [5.41, 5.74) is 4.46. The molecule has 1 aromatic heterocycles. The average molecular weight is 289 g/mol. The lowest BCUT2D eigenvalue weighted by Gasteiger charge is -2.19. The fourth-order valence-corrected chi connectivity index (χ4v) is 2.67. The summed E-state index contributed by atoms with van der Waals surface area (Å²) in [4.78, 5) is 0. The smallest absolute Gasteiger partial charge is 0.123 e. The van der Waals surface area contributed by atoms with Crippen LogP contribution in [0.1, 0.15) is 41.9 Å². The number of hydrogen-bond acceptors (Lipinski definition) is 2. The van der Waals surface area contributed by atoms with Gasteiger partial charge in [0.25, 0.3) is 0 Å². The van der Waals surface area contributed by atoms with E-state index >= 15 is 0 Å². The molecular weight excluding hydrogens is 265 g/mol. The summed E-state index contributed by atoms with van der Waals surface area (Å²) in [6.07, 6.45) is 1.88. The van der Waals surface area contributed by atoms with Crippen molar-refractivity contribution in [1.29, 1.82) is 0 Å². The predicted molar refractivity (Wildman–Crippen MR) is 83.8 cm³/mol. The summed E-state index contributed by atoms with van der Waals surface area (Å²) in [5.74, 6) is -0.185. The first-order chi connectivity index (χ1) is 10.0. The van der Waals surface area contributed by atoms with Crippen molar-refractivity contribution >= 4 is 0 Å². The van der Waals surface area contributed by atoms with E-state index in [0.717, 1.165) is 30.6 Å². The van der Waals surface area contributed by atoms with Gasteiger partial charge in [-0.2, -0.15) is 5.10 Å². The van der Waals surface area contributed by atoms with E-state index in [2.05, 4.69) is 24.3 Å². The maximum absolute atomic E-state index is 13.5. The lowest BCUT2D eigenvalue weighted by atomic mass is 9.97. The first kappa shape index (κ1) is 15.7. The van der Waals surface area contributed by atoms with Crippen LogP contribution in [-0.2, 0) is 13.5 Å². The Morgan fingerprint density at radius 2 is 2.10 bits per heavy atom. The Morgan fingerprint density at radius 1 is 1.33 bits per heavy atom. The number of aryl methyl sites for hydroxylation is 2. The van der Waals surface area contributed by atoms with Gasteiger partial charge in [0, 0.05) is 18.8 Å². The number of benzene rings is 1. The summed E-state index contributed by atoms with van der Waals surface area (Å²) in [6.45, 7) is 7.17. The second-order valence-electron chi connectivity index (χ2n) is 5.54. The van der Waals surface area contributed by atoms with Gasteiger partial charge in [-0.1, -0.05) is 19.1 Å². The van der Waals surface area contributed by atoms with Crippen molar-refractivity contribution in [1.82, 2.24) is 15.1 Å². The number of aromatic nitrogens is 2. The Hall–Kier alpha value is -1.68. The number of nitrogens with zero attached hydrogens (tertiary/aromatic N) is 2. The van der Waals surface area contributed by atoms with E-state index in [9.17, 15) is 4.39 Å². The molecule has 1 atom stereocenters. The van der Waals surface area contributed by atoms with Crippen LogP contribution < -0.4 is 5.32 Å². The second kappa shape index (κ2) is 6.85. The first-order valence-corrected chi connectivity index (χ1v) is 7.50. The zero-order chi connectivity index (χ0) is 15.4. The van der Waals surface area contributed by atoms with E-state index in [1.54, 1.807) is 12.1 Å². The largest absolute Gasteiger partial charge is 0.310 e. The van der Waals surface area contributed by atoms with Crippen molar-refractivity contribution in [3.8, 4) is 0 Å². The zero-order valence-corrected chi connectivity index (χ0v) is 13.3. The highest BCUT2D eigenvalue weighted by atomic mass is 19.1. The van der Waals surface area contributed by atoms with Crippen molar-refractivity contribution in [2.75, 3.05) is 6.54 Å². The third kappa shape index (κ3) is 3.70. The quantitative estimate of drug-likeness (QED) is 0.882. The SMILES string of the molecule is CCCNC(Cc1c(C)nn(C)c1C)c1cccc(F)c1. The number of hydrogen-bond donors (Lipinski definition) is 1. The Bertz CT molecular complexity index is 604. The third-order valence-corrected chi connectivity index (χ3v) is 3.96. The Morgan fingerprint density at radius 3 is 2.67 bits per heavy atom. The molecular formula is C17H24FN3. The molecule has 0 amide bonds. The molecule has 1 unspecified atom stereocenters. The van der Waals surface area contributed by atoms with Crippen LogP contribution in [0.3, 0.4) is 0 Å². The highest BCUT2D eigenvalue weighted by molar-refractivity contribution is 5.29. The molecule has 1 aromatic carbocycles. The van der Waals surface area contributed by atoms with Crippen LogP contribution in [0, 0.1) is 19.7 Å². The minimum atomic E-state index is -0.185. The van der Waals surface area contributed by atoms with Crippen LogP contribution in [0.15, 0.2) is 24.3 Å². The van der Waals surface area contributed by atoms with Crippen LogP contribution in [0.2, 0.25) is 0 Å². The minimum Gasteiger partial charge on any atom is -0.310 e. The Labute approximate surface area is 126 Å². The van der Waals surface area contributed by atoms with Crippen LogP contribution in [0.5, 0.6) is 0 Å². The van der Waals surface area contributed by atoms with Crippen LogP contribution >= 0.6 is 0 Å². The van der Waals surface area contributed by atoms with E-state index in [-0.39, 0.29) is 11.9 Å². The minimum absolute atomic E-state index is 0.113. The summed E-state index contributed by atoms with van der Waals surface area (Å²) in [6, 6.07) is 6.98. The molecule has 114 valence electrons. The van der Waals surface area contributed by atoms with E-state index in [1.165, 1.54) is 17.3 Å². The third-order valence-electron chi connectivity index (χ3n) is 3.96. The van der Waals surface area contributed by atoms with E-state index in [1.807, 2.05) is 24.7 Å². The predicted octanol–water partition coefficient (Wildman–Crippen LogP) is 3.46. The summed E-state index contributed by atoms with van der Waals surface area (Å²) in [5, 5.41) is 7.99. The fourth-order valence-electron chi connectivity index (χ4n) is 2.67. The maximum atomic E-state index is 13.5. The molecule has 0 aliphatic rings. The lowest BCUT2D eigenvalue weighted by Crippen LogP contribution is -2.24. The molecule has 1 N–H and O–H groups in total. The van der Waals surface area contributed by atoms with Crippen molar-refractivity contribution in [3.63, 3.8) is 0 Å². The molecule has 0 aliphatic heterocycles. The molecule has 0 saturated heterocycles. The molecule has 2 rings (SSSR count). The molecule has 3 nitrogen and oxygen atoms in total. The standard InChI is InChI=1S/C17H24FN3/c1-5-9-19-17(14-7-6-8-15(18)10-14)11-16-12(2)20-21(4)13(16)3/h6-8,10,17,19H,5,9,11H2,1-4H3. The van der Waals surface area contributed by atoms with Crippen molar-refractivity contribution in [3.05, 3.63) is 52.6 Å². The zero-order valence-electron chi connectivity index (χ0n) is 13.3. The average Bonchev–Trinajstić information content (AvgIpc) is 2.69. The normalized spacial score (nSPS) is 12.6. The van der Waals surface area contributed by atoms with Gasteiger partial charge in [0.1, 0.15) is 5.82 Å².